The van der Waals surface area contributed by atoms with Crippen LogP contribution in [0, 0.1) is 0 Å². The maximum Gasteiger partial charge on any atom is 0.329 e. The summed E-state index contributed by atoms with van der Waals surface area (Å²) in [6, 6.07) is -0.368. The summed E-state index contributed by atoms with van der Waals surface area (Å²) in [5.74, 6) is -0.697. The van der Waals surface area contributed by atoms with Gasteiger partial charge in [-0.25, -0.2) is 14.6 Å². The first-order chi connectivity index (χ1) is 11.7. The van der Waals surface area contributed by atoms with E-state index in [0.717, 1.165) is 0 Å². The SMILES string of the molecule is CSCC[C@@H](NC(N)=O)C(=O)O[C@H](C)C(=O)Nc1ncc(Cl)cc1Cl. The van der Waals surface area contributed by atoms with Crippen LogP contribution in [0.1, 0.15) is 13.3 Å². The number of rotatable bonds is 8. The third kappa shape index (κ3) is 7.37. The molecule has 0 radical (unpaired) electrons. The first kappa shape index (κ1) is 21.3. The number of nitrogens with two attached hydrogens (primary N) is 1. The molecule has 1 aromatic heterocycles. The fraction of sp³-hybridized carbons (Fsp3) is 0.429. The molecule has 0 aliphatic heterocycles. The average molecular weight is 409 g/mol. The van der Waals surface area contributed by atoms with E-state index in [-0.39, 0.29) is 10.8 Å². The lowest BCUT2D eigenvalue weighted by Crippen LogP contribution is -2.46. The Morgan fingerprint density at radius 2 is 2.08 bits per heavy atom. The van der Waals surface area contributed by atoms with Gasteiger partial charge in [-0.1, -0.05) is 23.2 Å². The van der Waals surface area contributed by atoms with Crippen LogP contribution in [0.5, 0.6) is 0 Å². The van der Waals surface area contributed by atoms with E-state index in [4.69, 9.17) is 33.7 Å². The van der Waals surface area contributed by atoms with Crippen LogP contribution in [-0.2, 0) is 14.3 Å². The van der Waals surface area contributed by atoms with Crippen molar-refractivity contribution < 1.29 is 19.1 Å². The Morgan fingerprint density at radius 3 is 2.64 bits per heavy atom. The molecule has 4 N–H and O–H groups in total. The molecule has 25 heavy (non-hydrogen) atoms. The number of anilines is 1. The highest BCUT2D eigenvalue weighted by molar-refractivity contribution is 7.98. The third-order valence-electron chi connectivity index (χ3n) is 2.92. The molecule has 0 fully saturated rings. The van der Waals surface area contributed by atoms with Gasteiger partial charge >= 0.3 is 12.0 Å². The summed E-state index contributed by atoms with van der Waals surface area (Å²) in [7, 11) is 0. The highest BCUT2D eigenvalue weighted by atomic mass is 35.5. The molecular formula is C14H18Cl2N4O4S. The number of primary amides is 1. The van der Waals surface area contributed by atoms with E-state index < -0.39 is 30.1 Å². The van der Waals surface area contributed by atoms with Gasteiger partial charge in [0.2, 0.25) is 0 Å². The number of carbonyl (C=O) groups excluding carboxylic acids is 3. The number of amides is 3. The van der Waals surface area contributed by atoms with Crippen LogP contribution in [0.2, 0.25) is 10.0 Å². The third-order valence-corrected chi connectivity index (χ3v) is 4.06. The number of nitrogens with zero attached hydrogens (tertiary/aromatic N) is 1. The predicted octanol–water partition coefficient (Wildman–Crippen LogP) is 2.05. The summed E-state index contributed by atoms with van der Waals surface area (Å²) >= 11 is 13.1. The quantitative estimate of drug-likeness (QED) is 0.565. The highest BCUT2D eigenvalue weighted by Gasteiger charge is 2.26. The molecule has 0 saturated carbocycles. The van der Waals surface area contributed by atoms with Crippen molar-refractivity contribution in [3.8, 4) is 0 Å². The molecule has 0 unspecified atom stereocenters. The van der Waals surface area contributed by atoms with Gasteiger partial charge in [0.05, 0.1) is 10.0 Å². The van der Waals surface area contributed by atoms with E-state index in [0.29, 0.717) is 17.2 Å². The van der Waals surface area contributed by atoms with Crippen LogP contribution in [0.3, 0.4) is 0 Å². The number of hydrogen-bond acceptors (Lipinski definition) is 6. The van der Waals surface area contributed by atoms with Gasteiger partial charge < -0.3 is 21.1 Å². The second-order valence-electron chi connectivity index (χ2n) is 4.89. The second kappa shape index (κ2) is 10.3. The van der Waals surface area contributed by atoms with Gasteiger partial charge in [-0.3, -0.25) is 4.79 Å². The lowest BCUT2D eigenvalue weighted by Gasteiger charge is -2.19. The van der Waals surface area contributed by atoms with Crippen LogP contribution < -0.4 is 16.4 Å². The van der Waals surface area contributed by atoms with E-state index in [1.165, 1.54) is 30.9 Å². The number of urea groups is 1. The van der Waals surface area contributed by atoms with E-state index in [9.17, 15) is 14.4 Å². The molecule has 11 heteroatoms. The number of pyridine rings is 1. The Kier molecular flexibility index (Phi) is 8.81. The summed E-state index contributed by atoms with van der Waals surface area (Å²) in [5, 5.41) is 5.19. The smallest absolute Gasteiger partial charge is 0.329 e. The fourth-order valence-corrected chi connectivity index (χ4v) is 2.59. The summed E-state index contributed by atoms with van der Waals surface area (Å²) < 4.78 is 5.08. The second-order valence-corrected chi connectivity index (χ2v) is 6.72. The zero-order chi connectivity index (χ0) is 19.0. The van der Waals surface area contributed by atoms with Crippen LogP contribution in [0.15, 0.2) is 12.3 Å². The molecule has 0 aromatic carbocycles. The number of hydrogen-bond donors (Lipinski definition) is 3. The fourth-order valence-electron chi connectivity index (χ4n) is 1.69. The van der Waals surface area contributed by atoms with Crippen molar-refractivity contribution >= 4 is 58.7 Å². The molecule has 1 aromatic rings. The summed E-state index contributed by atoms with van der Waals surface area (Å²) in [4.78, 5) is 39.1. The van der Waals surface area contributed by atoms with Crippen molar-refractivity contribution in [2.45, 2.75) is 25.5 Å². The Labute approximate surface area is 159 Å². The Morgan fingerprint density at radius 1 is 1.40 bits per heavy atom. The highest BCUT2D eigenvalue weighted by Crippen LogP contribution is 2.22. The Bertz CT molecular complexity index is 647. The molecule has 0 saturated heterocycles. The number of halogens is 2. The first-order valence-electron chi connectivity index (χ1n) is 7.12. The normalized spacial score (nSPS) is 12.8. The van der Waals surface area contributed by atoms with Gasteiger partial charge in [-0.15, -0.1) is 0 Å². The van der Waals surface area contributed by atoms with Crippen LogP contribution in [-0.4, -0.2) is 47.0 Å². The predicted molar refractivity (Wildman–Crippen MR) is 97.9 cm³/mol. The number of ether oxygens (including phenoxy) is 1. The van der Waals surface area contributed by atoms with Gasteiger partial charge in [0.25, 0.3) is 5.91 Å². The molecule has 1 heterocycles. The zero-order valence-corrected chi connectivity index (χ0v) is 15.9. The zero-order valence-electron chi connectivity index (χ0n) is 13.5. The van der Waals surface area contributed by atoms with Crippen molar-refractivity contribution in [2.24, 2.45) is 5.73 Å². The van der Waals surface area contributed by atoms with Crippen LogP contribution in [0.4, 0.5) is 10.6 Å². The number of carbonyl (C=O) groups is 3. The molecule has 2 atom stereocenters. The summed E-state index contributed by atoms with van der Waals surface area (Å²) in [6.45, 7) is 1.38. The number of aromatic nitrogens is 1. The minimum Gasteiger partial charge on any atom is -0.451 e. The lowest BCUT2D eigenvalue weighted by molar-refractivity contribution is -0.155. The molecule has 0 aliphatic rings. The molecule has 0 spiro atoms. The largest absolute Gasteiger partial charge is 0.451 e. The maximum absolute atomic E-state index is 12.1. The minimum absolute atomic E-state index is 0.0909. The van der Waals surface area contributed by atoms with E-state index in [1.54, 1.807) is 0 Å². The van der Waals surface area contributed by atoms with Crippen molar-refractivity contribution in [3.63, 3.8) is 0 Å². The van der Waals surface area contributed by atoms with Crippen LogP contribution >= 0.6 is 35.0 Å². The molecule has 1 rings (SSSR count). The molecular weight excluding hydrogens is 391 g/mol. The summed E-state index contributed by atoms with van der Waals surface area (Å²) in [5.41, 5.74) is 5.05. The lowest BCUT2D eigenvalue weighted by atomic mass is 10.2. The van der Waals surface area contributed by atoms with Gasteiger partial charge in [-0.05, 0) is 31.4 Å². The van der Waals surface area contributed by atoms with Crippen molar-refractivity contribution in [1.29, 1.82) is 0 Å². The van der Waals surface area contributed by atoms with Crippen LogP contribution in [0.25, 0.3) is 0 Å². The Hall–Kier alpha value is -1.71. The monoisotopic (exact) mass is 408 g/mol. The van der Waals surface area contributed by atoms with E-state index in [1.807, 2.05) is 6.26 Å². The number of nitrogens with one attached hydrogen (secondary N) is 2. The van der Waals surface area contributed by atoms with Gasteiger partial charge in [0.1, 0.15) is 6.04 Å². The van der Waals surface area contributed by atoms with Gasteiger partial charge in [-0.2, -0.15) is 11.8 Å². The molecule has 138 valence electrons. The molecule has 3 amide bonds. The summed E-state index contributed by atoms with van der Waals surface area (Å²) in [6.07, 6.45) is 2.36. The molecule has 0 aliphatic carbocycles. The molecule has 8 nitrogen and oxygen atoms in total. The molecule has 0 bridgehead atoms. The maximum atomic E-state index is 12.1. The number of thioether (sulfide) groups is 1. The van der Waals surface area contributed by atoms with E-state index >= 15 is 0 Å². The van der Waals surface area contributed by atoms with E-state index in [2.05, 4.69) is 15.6 Å². The van der Waals surface area contributed by atoms with Crippen molar-refractivity contribution in [2.75, 3.05) is 17.3 Å². The number of esters is 1. The van der Waals surface area contributed by atoms with Crippen molar-refractivity contribution in [1.82, 2.24) is 10.3 Å². The standard InChI is InChI=1S/C14H18Cl2N4O4S/c1-7(12(21)20-11-9(16)5-8(15)6-18-11)24-13(22)10(3-4-25-2)19-14(17)23/h5-7,10H,3-4H2,1-2H3,(H3,17,19,23)(H,18,20,21)/t7-,10-/m1/s1. The van der Waals surface area contributed by atoms with Gasteiger partial charge in [0, 0.05) is 6.20 Å². The van der Waals surface area contributed by atoms with Gasteiger partial charge in [0.15, 0.2) is 11.9 Å². The Balaban J connectivity index is 2.67. The van der Waals surface area contributed by atoms with Crippen molar-refractivity contribution in [3.05, 3.63) is 22.3 Å². The average Bonchev–Trinajstić information content (AvgIpc) is 2.53. The minimum atomic E-state index is -1.13. The first-order valence-corrected chi connectivity index (χ1v) is 9.26. The topological polar surface area (TPSA) is 123 Å².